The fraction of sp³-hybridized carbons (Fsp3) is 0.167. The number of rotatable bonds is 6. The van der Waals surface area contributed by atoms with Crippen LogP contribution < -0.4 is 21.3 Å². The van der Waals surface area contributed by atoms with E-state index < -0.39 is 11.9 Å². The van der Waals surface area contributed by atoms with E-state index in [2.05, 4.69) is 37.9 Å². The predicted octanol–water partition coefficient (Wildman–Crippen LogP) is 4.49. The lowest BCUT2D eigenvalue weighted by Gasteiger charge is -2.22. The maximum atomic E-state index is 14.1. The molecule has 172 valence electrons. The Bertz CT molecular complexity index is 1500. The molecule has 34 heavy (non-hydrogen) atoms. The van der Waals surface area contributed by atoms with Gasteiger partial charge in [0.2, 0.25) is 5.95 Å². The van der Waals surface area contributed by atoms with Crippen LogP contribution in [0.1, 0.15) is 29.8 Å². The molecule has 0 saturated heterocycles. The number of alkyl halides is 1. The Kier molecular flexibility index (Phi) is 6.65. The van der Waals surface area contributed by atoms with Crippen molar-refractivity contribution in [3.8, 4) is 17.5 Å². The average molecular weight is 570 g/mol. The third-order valence-electron chi connectivity index (χ3n) is 5.42. The fourth-order valence-corrected chi connectivity index (χ4v) is 4.44. The van der Waals surface area contributed by atoms with Crippen LogP contribution in [0.15, 0.2) is 53.5 Å². The quantitative estimate of drug-likeness (QED) is 0.259. The van der Waals surface area contributed by atoms with Crippen molar-refractivity contribution in [2.45, 2.75) is 17.4 Å². The molecule has 0 fully saturated rings. The smallest absolute Gasteiger partial charge is 0.263 e. The molecule has 0 aliphatic heterocycles. The van der Waals surface area contributed by atoms with Crippen molar-refractivity contribution < 1.29 is 9.13 Å². The van der Waals surface area contributed by atoms with Crippen LogP contribution in [0.25, 0.3) is 16.5 Å². The minimum Gasteiger partial charge on any atom is -0.494 e. The first-order valence-electron chi connectivity index (χ1n) is 10.2. The van der Waals surface area contributed by atoms with E-state index in [1.165, 1.54) is 36.1 Å². The zero-order chi connectivity index (χ0) is 24.4. The lowest BCUT2D eigenvalue weighted by molar-refractivity contribution is 0.386. The van der Waals surface area contributed by atoms with Crippen molar-refractivity contribution >= 4 is 45.1 Å². The van der Waals surface area contributed by atoms with Gasteiger partial charge in [0.25, 0.3) is 5.56 Å². The molecule has 0 saturated carbocycles. The van der Waals surface area contributed by atoms with E-state index in [1.807, 2.05) is 37.3 Å². The third-order valence-corrected chi connectivity index (χ3v) is 6.24. The van der Waals surface area contributed by atoms with Gasteiger partial charge < -0.3 is 15.8 Å². The molecule has 0 spiro atoms. The van der Waals surface area contributed by atoms with Crippen LogP contribution in [0.3, 0.4) is 0 Å². The number of methoxy groups -OCH3 is 1. The van der Waals surface area contributed by atoms with Crippen molar-refractivity contribution in [1.29, 1.82) is 5.26 Å². The summed E-state index contributed by atoms with van der Waals surface area (Å²) in [6.45, 7) is 1.83. The standard InChI is InChI=1S/C24H20FIN6O2/c1-13(30-22-16(11-27)12-29-24(28)31-22)19-8-14-4-3-5-15(10-26)21(14)23(33)32(19)17-6-7-18(25)20(9-17)34-2/h3-9,12-13H,10H2,1-2H3,(H3,28,29,30,31)/t13-/m0/s1. The third kappa shape index (κ3) is 4.26. The molecule has 0 aliphatic carbocycles. The van der Waals surface area contributed by atoms with Crippen molar-refractivity contribution in [3.63, 3.8) is 0 Å². The van der Waals surface area contributed by atoms with Crippen molar-refractivity contribution in [3.05, 3.63) is 81.7 Å². The summed E-state index contributed by atoms with van der Waals surface area (Å²) in [4.78, 5) is 21.8. The minimum atomic E-state index is -0.532. The highest BCUT2D eigenvalue weighted by Crippen LogP contribution is 2.28. The lowest BCUT2D eigenvalue weighted by Crippen LogP contribution is -2.26. The van der Waals surface area contributed by atoms with E-state index in [0.717, 1.165) is 10.9 Å². The van der Waals surface area contributed by atoms with Gasteiger partial charge in [-0.05, 0) is 36.1 Å². The number of nitrogens with zero attached hydrogens (tertiary/aromatic N) is 4. The first-order valence-corrected chi connectivity index (χ1v) is 11.8. The van der Waals surface area contributed by atoms with Crippen LogP contribution >= 0.6 is 22.6 Å². The molecule has 4 aromatic rings. The number of fused-ring (bicyclic) bond motifs is 1. The number of aromatic nitrogens is 3. The normalized spacial score (nSPS) is 11.7. The Labute approximate surface area is 208 Å². The van der Waals surface area contributed by atoms with Gasteiger partial charge >= 0.3 is 0 Å². The van der Waals surface area contributed by atoms with Gasteiger partial charge in [0, 0.05) is 16.2 Å². The number of anilines is 2. The summed E-state index contributed by atoms with van der Waals surface area (Å²) in [7, 11) is 1.37. The van der Waals surface area contributed by atoms with E-state index >= 15 is 0 Å². The Balaban J connectivity index is 1.97. The van der Waals surface area contributed by atoms with E-state index in [0.29, 0.717) is 21.2 Å². The fourth-order valence-electron chi connectivity index (χ4n) is 3.80. The van der Waals surface area contributed by atoms with E-state index in [1.54, 1.807) is 0 Å². The molecule has 0 aliphatic rings. The highest BCUT2D eigenvalue weighted by atomic mass is 127. The summed E-state index contributed by atoms with van der Waals surface area (Å²) < 4.78 is 21.5. The van der Waals surface area contributed by atoms with Gasteiger partial charge in [0.05, 0.1) is 30.4 Å². The Morgan fingerprint density at radius 1 is 1.32 bits per heavy atom. The molecular formula is C24H20FIN6O2. The number of ether oxygens (including phenoxy) is 1. The van der Waals surface area contributed by atoms with Gasteiger partial charge in [-0.3, -0.25) is 9.36 Å². The second kappa shape index (κ2) is 9.64. The molecule has 2 aromatic carbocycles. The van der Waals surface area contributed by atoms with E-state index in [9.17, 15) is 14.4 Å². The largest absolute Gasteiger partial charge is 0.494 e. The number of halogens is 2. The van der Waals surface area contributed by atoms with Gasteiger partial charge in [-0.2, -0.15) is 10.2 Å². The first-order chi connectivity index (χ1) is 16.4. The lowest BCUT2D eigenvalue weighted by atomic mass is 10.0. The molecule has 1 atom stereocenters. The minimum absolute atomic E-state index is 0.0135. The molecule has 3 N–H and O–H groups in total. The maximum Gasteiger partial charge on any atom is 0.263 e. The van der Waals surface area contributed by atoms with Crippen molar-refractivity contribution in [2.75, 3.05) is 18.2 Å². The van der Waals surface area contributed by atoms with E-state index in [-0.39, 0.29) is 28.6 Å². The number of nitriles is 1. The number of benzene rings is 2. The van der Waals surface area contributed by atoms with Gasteiger partial charge in [-0.1, -0.05) is 40.8 Å². The molecule has 0 radical (unpaired) electrons. The average Bonchev–Trinajstić information content (AvgIpc) is 2.84. The number of pyridine rings is 1. The van der Waals surface area contributed by atoms with E-state index in [4.69, 9.17) is 10.5 Å². The zero-order valence-corrected chi connectivity index (χ0v) is 20.5. The van der Waals surface area contributed by atoms with Crippen LogP contribution in [0.4, 0.5) is 16.2 Å². The zero-order valence-electron chi connectivity index (χ0n) is 18.3. The summed E-state index contributed by atoms with van der Waals surface area (Å²) in [6, 6.07) is 13.4. The summed E-state index contributed by atoms with van der Waals surface area (Å²) in [5.41, 5.74) is 7.61. The summed E-state index contributed by atoms with van der Waals surface area (Å²) in [5, 5.41) is 14.0. The molecule has 0 amide bonds. The Morgan fingerprint density at radius 3 is 2.82 bits per heavy atom. The van der Waals surface area contributed by atoms with Gasteiger partial charge in [-0.15, -0.1) is 0 Å². The predicted molar refractivity (Wildman–Crippen MR) is 137 cm³/mol. The summed E-state index contributed by atoms with van der Waals surface area (Å²) >= 11 is 2.22. The van der Waals surface area contributed by atoms with Crippen LogP contribution in [0.2, 0.25) is 0 Å². The Morgan fingerprint density at radius 2 is 2.12 bits per heavy atom. The van der Waals surface area contributed by atoms with Gasteiger partial charge in [0.15, 0.2) is 11.6 Å². The first kappa shape index (κ1) is 23.4. The number of nitrogens with one attached hydrogen (secondary N) is 1. The molecule has 2 heterocycles. The monoisotopic (exact) mass is 570 g/mol. The molecular weight excluding hydrogens is 550 g/mol. The second-order valence-corrected chi connectivity index (χ2v) is 8.27. The van der Waals surface area contributed by atoms with Crippen LogP contribution in [-0.4, -0.2) is 21.6 Å². The highest BCUT2D eigenvalue weighted by molar-refractivity contribution is 14.1. The molecule has 0 unspecified atom stereocenters. The number of nitrogens with two attached hydrogens (primary N) is 1. The van der Waals surface area contributed by atoms with Gasteiger partial charge in [-0.25, -0.2) is 9.37 Å². The topological polar surface area (TPSA) is 119 Å². The summed E-state index contributed by atoms with van der Waals surface area (Å²) in [6.07, 6.45) is 1.34. The van der Waals surface area contributed by atoms with Gasteiger partial charge in [0.1, 0.15) is 17.5 Å². The summed E-state index contributed by atoms with van der Waals surface area (Å²) in [5.74, 6) is -0.247. The molecule has 0 bridgehead atoms. The van der Waals surface area contributed by atoms with Crippen molar-refractivity contribution in [1.82, 2.24) is 14.5 Å². The number of nitrogen functional groups attached to an aromatic ring is 1. The highest BCUT2D eigenvalue weighted by Gasteiger charge is 2.20. The molecule has 2 aromatic heterocycles. The van der Waals surface area contributed by atoms with Crippen molar-refractivity contribution in [2.24, 2.45) is 0 Å². The Hall–Kier alpha value is -3.72. The van der Waals surface area contributed by atoms with Crippen LogP contribution in [0, 0.1) is 17.1 Å². The molecule has 4 rings (SSSR count). The maximum absolute atomic E-state index is 14.1. The SMILES string of the molecule is COc1cc(-n2c([C@H](C)Nc3nc(N)ncc3C#N)cc3cccc(CI)c3c2=O)ccc1F. The number of hydrogen-bond acceptors (Lipinski definition) is 7. The van der Waals surface area contributed by atoms with Crippen LogP contribution in [0.5, 0.6) is 5.75 Å². The second-order valence-electron chi connectivity index (χ2n) is 7.51. The molecule has 10 heteroatoms. The molecule has 8 nitrogen and oxygen atoms in total. The number of hydrogen-bond donors (Lipinski definition) is 2. The van der Waals surface area contributed by atoms with Crippen LogP contribution in [-0.2, 0) is 4.43 Å².